The van der Waals surface area contributed by atoms with Gasteiger partial charge in [0.25, 0.3) is 0 Å². The number of aromatic nitrogens is 3. The van der Waals surface area contributed by atoms with Crippen LogP contribution in [0.4, 0.5) is 0 Å². The van der Waals surface area contributed by atoms with Gasteiger partial charge in [-0.05, 0) is 37.2 Å². The number of hydrogen-bond acceptors (Lipinski definition) is 3. The minimum atomic E-state index is 0.756. The Kier molecular flexibility index (Phi) is 3.91. The van der Waals surface area contributed by atoms with Gasteiger partial charge in [-0.2, -0.15) is 15.0 Å². The van der Waals surface area contributed by atoms with Gasteiger partial charge in [0.05, 0.1) is 17.6 Å². The highest BCUT2D eigenvalue weighted by Gasteiger charge is 2.05. The largest absolute Gasteiger partial charge is 0.311 e. The lowest BCUT2D eigenvalue weighted by atomic mass is 10.2. The van der Waals surface area contributed by atoms with Gasteiger partial charge in [0, 0.05) is 11.0 Å². The van der Waals surface area contributed by atoms with Crippen LogP contribution in [0.15, 0.2) is 28.9 Å². The van der Waals surface area contributed by atoms with Crippen molar-refractivity contribution in [3.63, 3.8) is 0 Å². The van der Waals surface area contributed by atoms with E-state index in [4.69, 9.17) is 0 Å². The maximum Gasteiger partial charge on any atom is 0.0969 e. The van der Waals surface area contributed by atoms with Crippen molar-refractivity contribution in [1.82, 2.24) is 20.3 Å². The van der Waals surface area contributed by atoms with Crippen molar-refractivity contribution in [3.8, 4) is 5.69 Å². The Hall–Kier alpha value is -1.20. The predicted molar refractivity (Wildman–Crippen MR) is 71.2 cm³/mol. The first-order chi connectivity index (χ1) is 8.20. The standard InChI is InChI=1S/C12H15BrN4/c1-3-14-7-11-8-15-17(16-11)12-5-4-10(13)6-9(12)2/h4-6,8,14H,3,7H2,1-2H3. The molecular formula is C12H15BrN4. The number of aryl methyl sites for hydroxylation is 1. The highest BCUT2D eigenvalue weighted by atomic mass is 79.9. The fourth-order valence-corrected chi connectivity index (χ4v) is 2.06. The number of benzene rings is 1. The van der Waals surface area contributed by atoms with Crippen molar-refractivity contribution in [2.75, 3.05) is 6.54 Å². The first kappa shape index (κ1) is 12.3. The Morgan fingerprint density at radius 2 is 2.24 bits per heavy atom. The average molecular weight is 295 g/mol. The van der Waals surface area contributed by atoms with Crippen LogP contribution in [0.25, 0.3) is 5.69 Å². The van der Waals surface area contributed by atoms with E-state index < -0.39 is 0 Å². The lowest BCUT2D eigenvalue weighted by molar-refractivity contribution is 0.682. The topological polar surface area (TPSA) is 42.7 Å². The first-order valence-corrected chi connectivity index (χ1v) is 6.38. The van der Waals surface area contributed by atoms with Crippen LogP contribution >= 0.6 is 15.9 Å². The molecule has 1 aromatic carbocycles. The molecule has 17 heavy (non-hydrogen) atoms. The molecule has 2 aromatic rings. The summed E-state index contributed by atoms with van der Waals surface area (Å²) in [4.78, 5) is 1.68. The van der Waals surface area contributed by atoms with E-state index in [2.05, 4.69) is 44.4 Å². The van der Waals surface area contributed by atoms with Crippen molar-refractivity contribution in [2.45, 2.75) is 20.4 Å². The summed E-state index contributed by atoms with van der Waals surface area (Å²) >= 11 is 3.45. The molecule has 0 bridgehead atoms. The van der Waals surface area contributed by atoms with Crippen LogP contribution < -0.4 is 5.32 Å². The van der Waals surface area contributed by atoms with E-state index in [0.29, 0.717) is 0 Å². The van der Waals surface area contributed by atoms with Gasteiger partial charge in [0.15, 0.2) is 0 Å². The summed E-state index contributed by atoms with van der Waals surface area (Å²) < 4.78 is 1.07. The van der Waals surface area contributed by atoms with Crippen molar-refractivity contribution in [2.24, 2.45) is 0 Å². The third-order valence-electron chi connectivity index (χ3n) is 2.47. The molecule has 0 radical (unpaired) electrons. The predicted octanol–water partition coefficient (Wildman–Crippen LogP) is 2.45. The molecule has 0 aliphatic rings. The molecule has 0 aliphatic carbocycles. The van der Waals surface area contributed by atoms with E-state index in [9.17, 15) is 0 Å². The number of rotatable bonds is 4. The van der Waals surface area contributed by atoms with Gasteiger partial charge in [0.2, 0.25) is 0 Å². The smallest absolute Gasteiger partial charge is 0.0969 e. The minimum absolute atomic E-state index is 0.756. The molecule has 0 saturated carbocycles. The summed E-state index contributed by atoms with van der Waals surface area (Å²) in [5, 5.41) is 11.9. The lowest BCUT2D eigenvalue weighted by Gasteiger charge is -2.04. The molecule has 5 heteroatoms. The molecule has 0 aliphatic heterocycles. The Morgan fingerprint density at radius 1 is 1.41 bits per heavy atom. The van der Waals surface area contributed by atoms with Crippen LogP contribution in [-0.2, 0) is 6.54 Å². The molecule has 0 saturated heterocycles. The number of nitrogens with one attached hydrogen (secondary N) is 1. The highest BCUT2D eigenvalue weighted by molar-refractivity contribution is 9.10. The quantitative estimate of drug-likeness (QED) is 0.942. The lowest BCUT2D eigenvalue weighted by Crippen LogP contribution is -2.12. The van der Waals surface area contributed by atoms with Crippen LogP contribution in [0, 0.1) is 6.92 Å². The molecule has 0 atom stereocenters. The Labute approximate surface area is 109 Å². The van der Waals surface area contributed by atoms with E-state index >= 15 is 0 Å². The van der Waals surface area contributed by atoms with Crippen LogP contribution in [0.5, 0.6) is 0 Å². The second-order valence-electron chi connectivity index (χ2n) is 3.84. The molecule has 0 spiro atoms. The summed E-state index contributed by atoms with van der Waals surface area (Å²) in [5.74, 6) is 0. The van der Waals surface area contributed by atoms with E-state index in [1.165, 1.54) is 0 Å². The number of halogens is 1. The SMILES string of the molecule is CCNCc1cnn(-c2ccc(Br)cc2C)n1. The van der Waals surface area contributed by atoms with Crippen LogP contribution in [0.1, 0.15) is 18.2 Å². The number of nitrogens with zero attached hydrogens (tertiary/aromatic N) is 3. The summed E-state index contributed by atoms with van der Waals surface area (Å²) in [5.41, 5.74) is 3.11. The number of hydrogen-bond donors (Lipinski definition) is 1. The first-order valence-electron chi connectivity index (χ1n) is 5.59. The van der Waals surface area contributed by atoms with Gasteiger partial charge in [-0.25, -0.2) is 0 Å². The third kappa shape index (κ3) is 2.92. The normalized spacial score (nSPS) is 10.8. The van der Waals surface area contributed by atoms with Crippen molar-refractivity contribution < 1.29 is 0 Å². The zero-order valence-corrected chi connectivity index (χ0v) is 11.5. The van der Waals surface area contributed by atoms with Gasteiger partial charge in [-0.3, -0.25) is 0 Å². The summed E-state index contributed by atoms with van der Waals surface area (Å²) in [6.07, 6.45) is 1.80. The molecular weight excluding hydrogens is 280 g/mol. The maximum atomic E-state index is 4.44. The minimum Gasteiger partial charge on any atom is -0.311 e. The Balaban J connectivity index is 2.24. The van der Waals surface area contributed by atoms with Crippen molar-refractivity contribution >= 4 is 15.9 Å². The summed E-state index contributed by atoms with van der Waals surface area (Å²) in [7, 11) is 0. The maximum absolute atomic E-state index is 4.44. The second kappa shape index (κ2) is 5.42. The molecule has 0 fully saturated rings. The molecule has 1 aromatic heterocycles. The van der Waals surface area contributed by atoms with E-state index in [1.807, 2.05) is 19.1 Å². The van der Waals surface area contributed by atoms with Gasteiger partial charge < -0.3 is 5.32 Å². The molecule has 2 rings (SSSR count). The van der Waals surface area contributed by atoms with Gasteiger partial charge in [0.1, 0.15) is 0 Å². The summed E-state index contributed by atoms with van der Waals surface area (Å²) in [6.45, 7) is 5.81. The third-order valence-corrected chi connectivity index (χ3v) is 2.96. The van der Waals surface area contributed by atoms with Crippen molar-refractivity contribution in [3.05, 3.63) is 40.1 Å². The Morgan fingerprint density at radius 3 is 2.94 bits per heavy atom. The fourth-order valence-electron chi connectivity index (χ4n) is 1.59. The van der Waals surface area contributed by atoms with E-state index in [0.717, 1.165) is 34.5 Å². The average Bonchev–Trinajstić information content (AvgIpc) is 2.75. The molecule has 90 valence electrons. The van der Waals surface area contributed by atoms with E-state index in [1.54, 1.807) is 11.0 Å². The molecule has 1 N–H and O–H groups in total. The van der Waals surface area contributed by atoms with Crippen LogP contribution in [-0.4, -0.2) is 21.5 Å². The van der Waals surface area contributed by atoms with Crippen molar-refractivity contribution in [1.29, 1.82) is 0 Å². The molecule has 1 heterocycles. The highest BCUT2D eigenvalue weighted by Crippen LogP contribution is 2.18. The second-order valence-corrected chi connectivity index (χ2v) is 4.75. The molecule has 0 amide bonds. The van der Waals surface area contributed by atoms with Gasteiger partial charge in [-0.1, -0.05) is 22.9 Å². The molecule has 0 unspecified atom stereocenters. The molecule has 4 nitrogen and oxygen atoms in total. The zero-order valence-electron chi connectivity index (χ0n) is 9.94. The Bertz CT molecular complexity index is 507. The van der Waals surface area contributed by atoms with Gasteiger partial charge >= 0.3 is 0 Å². The zero-order chi connectivity index (χ0) is 12.3. The fraction of sp³-hybridized carbons (Fsp3) is 0.333. The van der Waals surface area contributed by atoms with Crippen LogP contribution in [0.3, 0.4) is 0 Å². The van der Waals surface area contributed by atoms with Crippen LogP contribution in [0.2, 0.25) is 0 Å². The van der Waals surface area contributed by atoms with E-state index in [-0.39, 0.29) is 0 Å². The monoisotopic (exact) mass is 294 g/mol. The van der Waals surface area contributed by atoms with Gasteiger partial charge in [-0.15, -0.1) is 0 Å². The summed E-state index contributed by atoms with van der Waals surface area (Å²) in [6, 6.07) is 6.06.